The lowest BCUT2D eigenvalue weighted by atomic mass is 10.2. The van der Waals surface area contributed by atoms with Crippen molar-refractivity contribution in [2.45, 2.75) is 26.0 Å². The van der Waals surface area contributed by atoms with E-state index in [1.807, 2.05) is 24.3 Å². The van der Waals surface area contributed by atoms with Crippen LogP contribution in [0.3, 0.4) is 0 Å². The number of hydrogen-bond donors (Lipinski definition) is 2. The molecule has 0 aromatic heterocycles. The maximum absolute atomic E-state index is 13.1. The van der Waals surface area contributed by atoms with Crippen LogP contribution in [0.15, 0.2) is 59.6 Å². The molecule has 0 aliphatic carbocycles. The monoisotopic (exact) mass is 471 g/mol. The van der Waals surface area contributed by atoms with Crippen LogP contribution in [0.5, 0.6) is 0 Å². The van der Waals surface area contributed by atoms with Crippen LogP contribution in [0, 0.1) is 5.82 Å². The quantitative estimate of drug-likeness (QED) is 0.251. The highest BCUT2D eigenvalue weighted by Crippen LogP contribution is 2.03. The van der Waals surface area contributed by atoms with E-state index >= 15 is 0 Å². The molecule has 6 heteroatoms. The summed E-state index contributed by atoms with van der Waals surface area (Å²) in [4.78, 5) is 4.17. The third kappa shape index (κ3) is 9.15. The van der Waals surface area contributed by atoms with Crippen molar-refractivity contribution in [3.63, 3.8) is 0 Å². The summed E-state index contributed by atoms with van der Waals surface area (Å²) in [5.74, 6) is 0.493. The van der Waals surface area contributed by atoms with Crippen molar-refractivity contribution in [1.29, 1.82) is 0 Å². The Hall–Kier alpha value is -1.67. The molecule has 2 rings (SSSR count). The minimum absolute atomic E-state index is 0. The first kappa shape index (κ1) is 22.4. The summed E-state index contributed by atoms with van der Waals surface area (Å²) in [6.45, 7) is 2.76. The summed E-state index contributed by atoms with van der Waals surface area (Å²) in [6.07, 6.45) is 1.98. The van der Waals surface area contributed by atoms with Crippen LogP contribution >= 0.6 is 24.0 Å². The summed E-state index contributed by atoms with van der Waals surface area (Å²) in [5.41, 5.74) is 2.08. The van der Waals surface area contributed by atoms with Gasteiger partial charge in [0.1, 0.15) is 5.82 Å². The standard InChI is InChI=1S/C20H26FN3O.HI/c1-22-20(24-15-18-10-7-11-19(21)14-18)23-12-5-6-13-25-16-17-8-3-2-4-9-17;/h2-4,7-11,14H,5-6,12-13,15-16H2,1H3,(H2,22,23,24);1H. The summed E-state index contributed by atoms with van der Waals surface area (Å²) in [5, 5.41) is 6.43. The summed E-state index contributed by atoms with van der Waals surface area (Å²) in [7, 11) is 1.73. The summed E-state index contributed by atoms with van der Waals surface area (Å²) >= 11 is 0. The van der Waals surface area contributed by atoms with E-state index < -0.39 is 0 Å². The van der Waals surface area contributed by atoms with Crippen molar-refractivity contribution in [3.05, 3.63) is 71.5 Å². The molecule has 4 nitrogen and oxygen atoms in total. The highest BCUT2D eigenvalue weighted by Gasteiger charge is 1.99. The molecule has 0 fully saturated rings. The third-order valence-corrected chi connectivity index (χ3v) is 3.69. The lowest BCUT2D eigenvalue weighted by molar-refractivity contribution is 0.117. The van der Waals surface area contributed by atoms with Gasteiger partial charge in [-0.25, -0.2) is 4.39 Å². The zero-order chi connectivity index (χ0) is 17.7. The molecule has 0 radical (unpaired) electrons. The number of rotatable bonds is 9. The fourth-order valence-corrected chi connectivity index (χ4v) is 2.35. The number of nitrogens with zero attached hydrogens (tertiary/aromatic N) is 1. The average Bonchev–Trinajstić information content (AvgIpc) is 2.64. The van der Waals surface area contributed by atoms with Crippen molar-refractivity contribution in [3.8, 4) is 0 Å². The lowest BCUT2D eigenvalue weighted by Crippen LogP contribution is -2.37. The largest absolute Gasteiger partial charge is 0.377 e. The molecule has 0 unspecified atom stereocenters. The van der Waals surface area contributed by atoms with E-state index in [1.54, 1.807) is 13.1 Å². The van der Waals surface area contributed by atoms with Crippen LogP contribution in [0.4, 0.5) is 4.39 Å². The SMILES string of the molecule is CN=C(NCCCCOCc1ccccc1)NCc1cccc(F)c1.I. The second-order valence-electron chi connectivity index (χ2n) is 5.73. The van der Waals surface area contributed by atoms with E-state index in [0.717, 1.165) is 37.5 Å². The minimum Gasteiger partial charge on any atom is -0.377 e. The van der Waals surface area contributed by atoms with Gasteiger partial charge in [0.2, 0.25) is 0 Å². The average molecular weight is 471 g/mol. The number of halogens is 2. The van der Waals surface area contributed by atoms with Gasteiger partial charge in [-0.15, -0.1) is 24.0 Å². The second kappa shape index (κ2) is 13.5. The fraction of sp³-hybridized carbons (Fsp3) is 0.350. The Morgan fingerprint density at radius 1 is 1.00 bits per heavy atom. The predicted octanol–water partition coefficient (Wildman–Crippen LogP) is 4.11. The molecule has 142 valence electrons. The van der Waals surface area contributed by atoms with Crippen LogP contribution in [0.2, 0.25) is 0 Å². The molecule has 0 aliphatic rings. The van der Waals surface area contributed by atoms with E-state index in [2.05, 4.69) is 27.8 Å². The molecule has 2 N–H and O–H groups in total. The van der Waals surface area contributed by atoms with Crippen molar-refractivity contribution >= 4 is 29.9 Å². The van der Waals surface area contributed by atoms with Crippen molar-refractivity contribution < 1.29 is 9.13 Å². The molecule has 0 aliphatic heterocycles. The maximum Gasteiger partial charge on any atom is 0.191 e. The molecule has 0 saturated heterocycles. The molecule has 0 saturated carbocycles. The highest BCUT2D eigenvalue weighted by molar-refractivity contribution is 14.0. The van der Waals surface area contributed by atoms with E-state index in [9.17, 15) is 4.39 Å². The Balaban J connectivity index is 0.00000338. The first-order valence-electron chi connectivity index (χ1n) is 8.58. The Labute approximate surface area is 172 Å². The van der Waals surface area contributed by atoms with Gasteiger partial charge in [0.25, 0.3) is 0 Å². The van der Waals surface area contributed by atoms with Gasteiger partial charge in [-0.3, -0.25) is 4.99 Å². The summed E-state index contributed by atoms with van der Waals surface area (Å²) in [6, 6.07) is 16.7. The molecular weight excluding hydrogens is 444 g/mol. The number of hydrogen-bond acceptors (Lipinski definition) is 2. The van der Waals surface area contributed by atoms with Crippen LogP contribution in [0.25, 0.3) is 0 Å². The van der Waals surface area contributed by atoms with Gasteiger partial charge in [0.15, 0.2) is 5.96 Å². The van der Waals surface area contributed by atoms with Crippen LogP contribution in [0.1, 0.15) is 24.0 Å². The molecule has 0 spiro atoms. The number of aliphatic imine (C=N–C) groups is 1. The molecule has 2 aromatic carbocycles. The Morgan fingerprint density at radius 2 is 1.77 bits per heavy atom. The smallest absolute Gasteiger partial charge is 0.191 e. The van der Waals surface area contributed by atoms with Crippen molar-refractivity contribution in [2.75, 3.05) is 20.2 Å². The van der Waals surface area contributed by atoms with E-state index in [1.165, 1.54) is 17.7 Å². The number of nitrogens with one attached hydrogen (secondary N) is 2. The highest BCUT2D eigenvalue weighted by atomic mass is 127. The molecule has 26 heavy (non-hydrogen) atoms. The van der Waals surface area contributed by atoms with Crippen LogP contribution in [-0.4, -0.2) is 26.2 Å². The van der Waals surface area contributed by atoms with Gasteiger partial charge >= 0.3 is 0 Å². The number of unbranched alkanes of at least 4 members (excludes halogenated alkanes) is 1. The number of benzene rings is 2. The second-order valence-corrected chi connectivity index (χ2v) is 5.73. The minimum atomic E-state index is -0.224. The Bertz CT molecular complexity index is 653. The number of guanidine groups is 1. The molecular formula is C20H27FIN3O. The fourth-order valence-electron chi connectivity index (χ4n) is 2.35. The molecule has 0 atom stereocenters. The Morgan fingerprint density at radius 3 is 2.50 bits per heavy atom. The molecule has 0 heterocycles. The normalized spacial score (nSPS) is 10.9. The van der Waals surface area contributed by atoms with Gasteiger partial charge in [0, 0.05) is 26.7 Å². The van der Waals surface area contributed by atoms with Crippen molar-refractivity contribution in [2.24, 2.45) is 4.99 Å². The van der Waals surface area contributed by atoms with Gasteiger partial charge in [-0.2, -0.15) is 0 Å². The van der Waals surface area contributed by atoms with Gasteiger partial charge in [-0.05, 0) is 36.1 Å². The lowest BCUT2D eigenvalue weighted by Gasteiger charge is -2.12. The van der Waals surface area contributed by atoms with Crippen molar-refractivity contribution in [1.82, 2.24) is 10.6 Å². The first-order chi connectivity index (χ1) is 12.3. The van der Waals surface area contributed by atoms with E-state index in [-0.39, 0.29) is 29.8 Å². The predicted molar refractivity (Wildman–Crippen MR) is 115 cm³/mol. The van der Waals surface area contributed by atoms with Crippen LogP contribution in [-0.2, 0) is 17.9 Å². The molecule has 0 bridgehead atoms. The third-order valence-electron chi connectivity index (χ3n) is 3.69. The zero-order valence-corrected chi connectivity index (χ0v) is 17.4. The molecule has 2 aromatic rings. The van der Waals surface area contributed by atoms with Gasteiger partial charge in [-0.1, -0.05) is 42.5 Å². The first-order valence-corrected chi connectivity index (χ1v) is 8.58. The Kier molecular flexibility index (Phi) is 11.6. The molecule has 0 amide bonds. The van der Waals surface area contributed by atoms with Gasteiger partial charge in [0.05, 0.1) is 6.61 Å². The van der Waals surface area contributed by atoms with Crippen LogP contribution < -0.4 is 10.6 Å². The maximum atomic E-state index is 13.1. The number of ether oxygens (including phenoxy) is 1. The topological polar surface area (TPSA) is 45.7 Å². The summed E-state index contributed by atoms with van der Waals surface area (Å²) < 4.78 is 18.8. The van der Waals surface area contributed by atoms with E-state index in [0.29, 0.717) is 13.2 Å². The van der Waals surface area contributed by atoms with E-state index in [4.69, 9.17) is 4.74 Å². The van der Waals surface area contributed by atoms with Gasteiger partial charge < -0.3 is 15.4 Å². The zero-order valence-electron chi connectivity index (χ0n) is 15.1.